The molecule has 1 aliphatic rings. The number of aromatic nitrogens is 4. The largest absolute Gasteiger partial charge is 0.370 e. The summed E-state index contributed by atoms with van der Waals surface area (Å²) < 4.78 is 7.61. The van der Waals surface area contributed by atoms with Crippen LogP contribution in [0.15, 0.2) is 12.1 Å². The summed E-state index contributed by atoms with van der Waals surface area (Å²) in [5.41, 5.74) is 1.73. The van der Waals surface area contributed by atoms with E-state index in [1.165, 1.54) is 0 Å². The Balaban J connectivity index is 1.63. The number of aryl methyl sites for hydroxylation is 2. The van der Waals surface area contributed by atoms with E-state index in [9.17, 15) is 4.79 Å². The average Bonchev–Trinajstić information content (AvgIpc) is 3.19. The fourth-order valence-corrected chi connectivity index (χ4v) is 2.77. The van der Waals surface area contributed by atoms with Crippen LogP contribution < -0.4 is 5.32 Å². The predicted molar refractivity (Wildman–Crippen MR) is 80.4 cm³/mol. The zero-order valence-corrected chi connectivity index (χ0v) is 13.1. The Morgan fingerprint density at radius 1 is 1.50 bits per heavy atom. The summed E-state index contributed by atoms with van der Waals surface area (Å²) in [6.07, 6.45) is 0.741. The molecule has 0 unspecified atom stereocenters. The number of H-pyrrole nitrogens is 1. The summed E-state index contributed by atoms with van der Waals surface area (Å²) in [5, 5.41) is 10.0. The number of nitrogens with one attached hydrogen (secondary N) is 2. The molecule has 0 aliphatic carbocycles. The third-order valence-corrected chi connectivity index (χ3v) is 4.21. The Morgan fingerprint density at radius 2 is 2.32 bits per heavy atom. The van der Waals surface area contributed by atoms with Crippen LogP contribution in [-0.2, 0) is 11.8 Å². The molecule has 1 amide bonds. The van der Waals surface area contributed by atoms with E-state index in [1.54, 1.807) is 0 Å². The maximum atomic E-state index is 12.3. The number of carbonyl (C=O) groups is 1. The fourth-order valence-electron chi connectivity index (χ4n) is 2.77. The molecule has 0 spiro atoms. The van der Waals surface area contributed by atoms with Crippen LogP contribution in [0.2, 0.25) is 0 Å². The molecule has 2 atom stereocenters. The van der Waals surface area contributed by atoms with Crippen molar-refractivity contribution in [1.29, 1.82) is 0 Å². The minimum atomic E-state index is -0.152. The van der Waals surface area contributed by atoms with Crippen LogP contribution in [0.4, 0.5) is 0 Å². The second kappa shape index (κ2) is 5.92. The van der Waals surface area contributed by atoms with Crippen LogP contribution >= 0.6 is 0 Å². The highest BCUT2D eigenvalue weighted by Crippen LogP contribution is 2.32. The van der Waals surface area contributed by atoms with Crippen molar-refractivity contribution >= 4 is 5.91 Å². The molecule has 3 heterocycles. The van der Waals surface area contributed by atoms with Gasteiger partial charge in [-0.25, -0.2) is 4.98 Å². The van der Waals surface area contributed by atoms with E-state index < -0.39 is 0 Å². The van der Waals surface area contributed by atoms with Gasteiger partial charge in [0.25, 0.3) is 5.91 Å². The number of hydrogen-bond acceptors (Lipinski definition) is 4. The Bertz CT molecular complexity index is 675. The predicted octanol–water partition coefficient (Wildman–Crippen LogP) is 1.27. The van der Waals surface area contributed by atoms with Crippen LogP contribution in [0.25, 0.3) is 0 Å². The molecule has 22 heavy (non-hydrogen) atoms. The maximum Gasteiger partial charge on any atom is 0.267 e. The maximum absolute atomic E-state index is 12.3. The molecule has 2 aromatic rings. The van der Waals surface area contributed by atoms with Crippen molar-refractivity contribution in [3.8, 4) is 0 Å². The number of carbonyl (C=O) groups excluding carboxylic acids is 1. The van der Waals surface area contributed by atoms with E-state index in [0.29, 0.717) is 24.7 Å². The van der Waals surface area contributed by atoms with Crippen LogP contribution in [0.1, 0.15) is 40.4 Å². The summed E-state index contributed by atoms with van der Waals surface area (Å²) >= 11 is 0. The van der Waals surface area contributed by atoms with Crippen molar-refractivity contribution < 1.29 is 9.53 Å². The fraction of sp³-hybridized carbons (Fsp3) is 0.533. The second-order valence-electron chi connectivity index (χ2n) is 5.75. The van der Waals surface area contributed by atoms with Gasteiger partial charge >= 0.3 is 0 Å². The summed E-state index contributed by atoms with van der Waals surface area (Å²) in [6.45, 7) is 5.06. The van der Waals surface area contributed by atoms with Crippen molar-refractivity contribution in [3.05, 3.63) is 35.2 Å². The highest BCUT2D eigenvalue weighted by molar-refractivity contribution is 5.92. The molecule has 2 N–H and O–H groups in total. The smallest absolute Gasteiger partial charge is 0.267 e. The number of rotatable bonds is 4. The first-order valence-electron chi connectivity index (χ1n) is 7.47. The molecule has 1 aliphatic heterocycles. The zero-order valence-electron chi connectivity index (χ0n) is 13.1. The van der Waals surface area contributed by atoms with Gasteiger partial charge in [-0.3, -0.25) is 9.89 Å². The zero-order chi connectivity index (χ0) is 15.7. The minimum absolute atomic E-state index is 0.0626. The molecule has 0 aromatic carbocycles. The third kappa shape index (κ3) is 2.76. The Morgan fingerprint density at radius 3 is 2.95 bits per heavy atom. The molecule has 3 rings (SSSR count). The lowest BCUT2D eigenvalue weighted by Gasteiger charge is -2.16. The minimum Gasteiger partial charge on any atom is -0.370 e. The van der Waals surface area contributed by atoms with E-state index in [0.717, 1.165) is 17.9 Å². The van der Waals surface area contributed by atoms with Gasteiger partial charge in [0, 0.05) is 31.8 Å². The first kappa shape index (κ1) is 14.8. The van der Waals surface area contributed by atoms with Crippen LogP contribution in [-0.4, -0.2) is 38.8 Å². The standard InChI is InChI=1S/C15H21N5O2/c1-9-4-5-12(20(9)3)15(21)16-8-11-6-7-22-13(11)14-17-10(2)18-19-14/h4-5,11,13H,6-8H2,1-3H3,(H,16,21)(H,17,18,19)/t11-,13-/m0/s1. The van der Waals surface area contributed by atoms with Crippen molar-refractivity contribution in [2.75, 3.05) is 13.2 Å². The highest BCUT2D eigenvalue weighted by Gasteiger charge is 2.33. The normalized spacial score (nSPS) is 21.2. The molecule has 0 saturated carbocycles. The molecule has 7 heteroatoms. The van der Waals surface area contributed by atoms with Gasteiger partial charge in [-0.05, 0) is 32.4 Å². The number of hydrogen-bond donors (Lipinski definition) is 2. The van der Waals surface area contributed by atoms with Gasteiger partial charge in [-0.15, -0.1) is 0 Å². The number of nitrogens with zero attached hydrogens (tertiary/aromatic N) is 3. The Labute approximate surface area is 129 Å². The summed E-state index contributed by atoms with van der Waals surface area (Å²) in [4.78, 5) is 16.6. The molecule has 0 bridgehead atoms. The van der Waals surface area contributed by atoms with Crippen LogP contribution in [0.3, 0.4) is 0 Å². The lowest BCUT2D eigenvalue weighted by Crippen LogP contribution is -2.32. The van der Waals surface area contributed by atoms with Crippen LogP contribution in [0, 0.1) is 19.8 Å². The molecular weight excluding hydrogens is 282 g/mol. The SMILES string of the molecule is Cc1nc([C@H]2OCC[C@H]2CNC(=O)c2ccc(C)n2C)n[nH]1. The van der Waals surface area contributed by atoms with E-state index in [-0.39, 0.29) is 17.9 Å². The number of ether oxygens (including phenoxy) is 1. The average molecular weight is 303 g/mol. The summed E-state index contributed by atoms with van der Waals surface area (Å²) in [7, 11) is 1.89. The van der Waals surface area contributed by atoms with E-state index in [4.69, 9.17) is 4.74 Å². The third-order valence-electron chi connectivity index (χ3n) is 4.21. The molecular formula is C15H21N5O2. The first-order chi connectivity index (χ1) is 10.6. The van der Waals surface area contributed by atoms with Crippen LogP contribution in [0.5, 0.6) is 0 Å². The Hall–Kier alpha value is -2.15. The van der Waals surface area contributed by atoms with E-state index >= 15 is 0 Å². The molecule has 7 nitrogen and oxygen atoms in total. The monoisotopic (exact) mass is 303 g/mol. The van der Waals surface area contributed by atoms with Crippen molar-refractivity contribution in [3.63, 3.8) is 0 Å². The molecule has 0 radical (unpaired) electrons. The molecule has 1 saturated heterocycles. The second-order valence-corrected chi connectivity index (χ2v) is 5.75. The molecule has 118 valence electrons. The molecule has 1 fully saturated rings. The highest BCUT2D eigenvalue weighted by atomic mass is 16.5. The number of aromatic amines is 1. The Kier molecular flexibility index (Phi) is 3.98. The van der Waals surface area contributed by atoms with E-state index in [2.05, 4.69) is 20.5 Å². The van der Waals surface area contributed by atoms with Gasteiger partial charge in [0.1, 0.15) is 17.6 Å². The van der Waals surface area contributed by atoms with E-state index in [1.807, 2.05) is 37.6 Å². The van der Waals surface area contributed by atoms with Gasteiger partial charge in [-0.2, -0.15) is 5.10 Å². The lowest BCUT2D eigenvalue weighted by molar-refractivity contribution is 0.0796. The first-order valence-corrected chi connectivity index (χ1v) is 7.47. The summed E-state index contributed by atoms with van der Waals surface area (Å²) in [5.74, 6) is 1.57. The lowest BCUT2D eigenvalue weighted by atomic mass is 10.0. The summed E-state index contributed by atoms with van der Waals surface area (Å²) in [6, 6.07) is 3.78. The molecule has 2 aromatic heterocycles. The van der Waals surface area contributed by atoms with Crippen molar-refractivity contribution in [1.82, 2.24) is 25.1 Å². The quantitative estimate of drug-likeness (QED) is 0.890. The van der Waals surface area contributed by atoms with Gasteiger partial charge in [0.05, 0.1) is 0 Å². The number of amides is 1. The van der Waals surface area contributed by atoms with Gasteiger partial charge in [0.2, 0.25) is 0 Å². The van der Waals surface area contributed by atoms with Gasteiger partial charge in [-0.1, -0.05) is 0 Å². The van der Waals surface area contributed by atoms with Gasteiger partial charge < -0.3 is 14.6 Å². The van der Waals surface area contributed by atoms with Crippen molar-refractivity contribution in [2.24, 2.45) is 13.0 Å². The van der Waals surface area contributed by atoms with Gasteiger partial charge in [0.15, 0.2) is 5.82 Å². The van der Waals surface area contributed by atoms with Crippen molar-refractivity contribution in [2.45, 2.75) is 26.4 Å². The topological polar surface area (TPSA) is 84.8 Å².